The normalized spacial score (nSPS) is 23.8. The number of rotatable bonds is 4. The first-order valence-corrected chi connectivity index (χ1v) is 9.25. The molecule has 136 valence electrons. The van der Waals surface area contributed by atoms with E-state index in [0.29, 0.717) is 17.9 Å². The lowest BCUT2D eigenvalue weighted by atomic mass is 10.0. The fourth-order valence-corrected chi connectivity index (χ4v) is 4.75. The van der Waals surface area contributed by atoms with Crippen molar-refractivity contribution in [1.29, 1.82) is 0 Å². The molecule has 4 aliphatic heterocycles. The van der Waals surface area contributed by atoms with E-state index in [0.717, 1.165) is 11.4 Å². The number of amides is 1. The number of aliphatic hydroxyl groups is 1. The van der Waals surface area contributed by atoms with E-state index in [4.69, 9.17) is 5.73 Å². The van der Waals surface area contributed by atoms with Crippen LogP contribution in [-0.2, 0) is 16.1 Å². The summed E-state index contributed by atoms with van der Waals surface area (Å²) in [4.78, 5) is 24.9. The lowest BCUT2D eigenvalue weighted by molar-refractivity contribution is -0.606. The lowest BCUT2D eigenvalue weighted by Crippen LogP contribution is -2.69. The number of aliphatic carboxylic acids is 1. The van der Waals surface area contributed by atoms with Gasteiger partial charge >= 0.3 is 0 Å². The SMILES string of the molecule is CC(O)c1ccc2cn(CC3=C(C(=O)[O-])N4C(=O)C(N)[C@@H]4SC3)cc[n+]1-2. The zero-order valence-electron chi connectivity index (χ0n) is 14.0. The third kappa shape index (κ3) is 2.51. The van der Waals surface area contributed by atoms with Gasteiger partial charge in [-0.2, -0.15) is 4.57 Å². The molecule has 9 heteroatoms. The number of aromatic nitrogens is 2. The summed E-state index contributed by atoms with van der Waals surface area (Å²) >= 11 is 1.46. The Labute approximate surface area is 153 Å². The molecule has 4 rings (SSSR count). The second-order valence-electron chi connectivity index (χ2n) is 6.50. The smallest absolute Gasteiger partial charge is 0.248 e. The highest BCUT2D eigenvalue weighted by Gasteiger charge is 2.50. The summed E-state index contributed by atoms with van der Waals surface area (Å²) in [5.41, 5.74) is 7.95. The van der Waals surface area contributed by atoms with Crippen molar-refractivity contribution >= 4 is 23.6 Å². The second kappa shape index (κ2) is 6.11. The molecule has 1 fully saturated rings. The molecule has 0 aromatic rings. The number of aliphatic hydroxyl groups excluding tert-OH is 1. The number of nitrogens with zero attached hydrogens (tertiary/aromatic N) is 3. The fourth-order valence-electron chi connectivity index (χ4n) is 3.47. The molecule has 0 aromatic carbocycles. The third-order valence-electron chi connectivity index (χ3n) is 4.77. The van der Waals surface area contributed by atoms with Crippen molar-refractivity contribution < 1.29 is 24.4 Å². The van der Waals surface area contributed by atoms with Gasteiger partial charge in [-0.1, -0.05) is 0 Å². The molecule has 8 nitrogen and oxygen atoms in total. The molecule has 0 spiro atoms. The maximum Gasteiger partial charge on any atom is 0.248 e. The minimum absolute atomic E-state index is 0.0622. The van der Waals surface area contributed by atoms with Crippen LogP contribution < -0.4 is 15.4 Å². The largest absolute Gasteiger partial charge is 0.543 e. The second-order valence-corrected chi connectivity index (χ2v) is 7.61. The average molecular weight is 374 g/mol. The van der Waals surface area contributed by atoms with Gasteiger partial charge in [0.1, 0.15) is 17.5 Å². The van der Waals surface area contributed by atoms with Crippen LogP contribution in [0.5, 0.6) is 0 Å². The zero-order chi connectivity index (χ0) is 18.6. The highest BCUT2D eigenvalue weighted by atomic mass is 32.2. The molecule has 0 saturated carbocycles. The molecule has 2 unspecified atom stereocenters. The Morgan fingerprint density at radius 3 is 3.00 bits per heavy atom. The Hall–Kier alpha value is -2.36. The van der Waals surface area contributed by atoms with Crippen molar-refractivity contribution in [3.8, 4) is 5.69 Å². The van der Waals surface area contributed by atoms with Crippen LogP contribution in [0.15, 0.2) is 42.0 Å². The zero-order valence-corrected chi connectivity index (χ0v) is 14.8. The van der Waals surface area contributed by atoms with Crippen molar-refractivity contribution in [2.45, 2.75) is 31.0 Å². The molecular formula is C17H18N4O4S. The molecule has 0 bridgehead atoms. The number of carboxylic acid groups (broad SMARTS) is 1. The van der Waals surface area contributed by atoms with E-state index < -0.39 is 18.1 Å². The summed E-state index contributed by atoms with van der Waals surface area (Å²) in [6, 6.07) is 3.08. The molecule has 1 amide bonds. The molecule has 4 heterocycles. The van der Waals surface area contributed by atoms with E-state index in [9.17, 15) is 19.8 Å². The van der Waals surface area contributed by atoms with E-state index >= 15 is 0 Å². The number of β-lactam (4-membered cyclic amide) rings is 1. The van der Waals surface area contributed by atoms with Crippen molar-refractivity contribution in [2.75, 3.05) is 5.75 Å². The van der Waals surface area contributed by atoms with Crippen LogP contribution in [0.1, 0.15) is 18.7 Å². The van der Waals surface area contributed by atoms with Gasteiger partial charge in [0.15, 0.2) is 6.20 Å². The monoisotopic (exact) mass is 374 g/mol. The van der Waals surface area contributed by atoms with Crippen LogP contribution in [0.25, 0.3) is 5.69 Å². The van der Waals surface area contributed by atoms with Gasteiger partial charge in [-0.15, -0.1) is 11.8 Å². The van der Waals surface area contributed by atoms with Crippen LogP contribution in [-0.4, -0.2) is 43.6 Å². The number of hydrogen-bond donors (Lipinski definition) is 2. The van der Waals surface area contributed by atoms with Crippen LogP contribution >= 0.6 is 11.8 Å². The number of nitrogens with two attached hydrogens (primary N) is 1. The predicted molar refractivity (Wildman–Crippen MR) is 90.9 cm³/mol. The highest BCUT2D eigenvalue weighted by molar-refractivity contribution is 8.00. The number of thioether (sulfide) groups is 1. The van der Waals surface area contributed by atoms with Gasteiger partial charge in [-0.05, 0) is 12.5 Å². The van der Waals surface area contributed by atoms with Crippen molar-refractivity contribution in [3.63, 3.8) is 0 Å². The third-order valence-corrected chi connectivity index (χ3v) is 6.13. The highest BCUT2D eigenvalue weighted by Crippen LogP contribution is 2.39. The maximum absolute atomic E-state index is 12.0. The first-order chi connectivity index (χ1) is 12.4. The summed E-state index contributed by atoms with van der Waals surface area (Å²) in [6.45, 7) is 2.03. The molecule has 3 N–H and O–H groups in total. The van der Waals surface area contributed by atoms with Crippen LogP contribution in [0, 0.1) is 0 Å². The molecule has 3 atom stereocenters. The van der Waals surface area contributed by atoms with Gasteiger partial charge in [-0.3, -0.25) is 9.69 Å². The number of carboxylic acids is 1. The fraction of sp³-hybridized carbons (Fsp3) is 0.353. The molecule has 1 saturated heterocycles. The number of carbonyl (C=O) groups is 2. The number of carbonyl (C=O) groups excluding carboxylic acids is 2. The van der Waals surface area contributed by atoms with E-state index in [-0.39, 0.29) is 17.0 Å². The quantitative estimate of drug-likeness (QED) is 0.497. The first-order valence-electron chi connectivity index (χ1n) is 8.20. The maximum atomic E-state index is 12.0. The summed E-state index contributed by atoms with van der Waals surface area (Å²) in [6.07, 6.45) is 4.90. The van der Waals surface area contributed by atoms with Crippen LogP contribution in [0.2, 0.25) is 0 Å². The van der Waals surface area contributed by atoms with Gasteiger partial charge in [0, 0.05) is 24.4 Å². The minimum Gasteiger partial charge on any atom is -0.543 e. The van der Waals surface area contributed by atoms with E-state index in [1.54, 1.807) is 13.1 Å². The molecule has 0 radical (unpaired) electrons. The Bertz CT molecular complexity index is 906. The topological polar surface area (TPSA) is 115 Å². The van der Waals surface area contributed by atoms with Crippen molar-refractivity contribution in [3.05, 3.63) is 47.7 Å². The number of fused-ring (bicyclic) bond motifs is 2. The standard InChI is InChI=1S/C17H18N4O4S/c1-9(22)12-3-2-11-7-19(4-5-20(11)12)6-10-8-26-16-13(18)15(23)21(16)14(10)17(24)25/h2-5,7,9,13,16,22H,6,8,18H2,1H3/t9?,13?,16-/m0/s1. The first kappa shape index (κ1) is 17.1. The average Bonchev–Trinajstić information content (AvgIpc) is 3.03. The molecule has 26 heavy (non-hydrogen) atoms. The summed E-state index contributed by atoms with van der Waals surface area (Å²) in [5, 5.41) is 21.1. The van der Waals surface area contributed by atoms with E-state index in [2.05, 4.69) is 0 Å². The van der Waals surface area contributed by atoms with Crippen LogP contribution in [0.3, 0.4) is 0 Å². The Balaban J connectivity index is 1.67. The summed E-state index contributed by atoms with van der Waals surface area (Å²) in [7, 11) is 0. The number of hydrogen-bond acceptors (Lipinski definition) is 6. The van der Waals surface area contributed by atoms with Crippen molar-refractivity contribution in [2.24, 2.45) is 5.73 Å². The molecule has 4 aliphatic rings. The molecular weight excluding hydrogens is 356 g/mol. The summed E-state index contributed by atoms with van der Waals surface area (Å²) in [5.74, 6) is -1.26. The van der Waals surface area contributed by atoms with Gasteiger partial charge in [0.25, 0.3) is 0 Å². The van der Waals surface area contributed by atoms with Crippen LogP contribution in [0.4, 0.5) is 0 Å². The van der Waals surface area contributed by atoms with Gasteiger partial charge in [-0.25, -0.2) is 0 Å². The summed E-state index contributed by atoms with van der Waals surface area (Å²) < 4.78 is 3.73. The van der Waals surface area contributed by atoms with E-state index in [1.165, 1.54) is 16.7 Å². The van der Waals surface area contributed by atoms with Gasteiger partial charge in [0.2, 0.25) is 17.3 Å². The molecule has 0 aliphatic carbocycles. The van der Waals surface area contributed by atoms with Crippen molar-refractivity contribution in [1.82, 2.24) is 9.47 Å². The minimum atomic E-state index is -1.36. The Morgan fingerprint density at radius 1 is 1.54 bits per heavy atom. The van der Waals surface area contributed by atoms with Gasteiger partial charge in [0.05, 0.1) is 24.1 Å². The molecule has 0 aromatic heterocycles. The lowest BCUT2D eigenvalue weighted by Gasteiger charge is -2.49. The predicted octanol–water partition coefficient (Wildman–Crippen LogP) is -1.50. The Morgan fingerprint density at radius 2 is 2.31 bits per heavy atom. The van der Waals surface area contributed by atoms with Gasteiger partial charge < -0.3 is 25.3 Å². The van der Waals surface area contributed by atoms with E-state index in [1.807, 2.05) is 33.7 Å². The Kier molecular flexibility index (Phi) is 4.02.